The van der Waals surface area contributed by atoms with Gasteiger partial charge in [-0.15, -0.1) is 0 Å². The maximum atomic E-state index is 12.5. The Balaban J connectivity index is 1.57. The van der Waals surface area contributed by atoms with E-state index in [1.807, 2.05) is 29.2 Å². The molecule has 0 aromatic heterocycles. The molecule has 1 amide bonds. The van der Waals surface area contributed by atoms with Crippen molar-refractivity contribution < 1.29 is 4.79 Å². The molecule has 4 nitrogen and oxygen atoms in total. The van der Waals surface area contributed by atoms with Crippen LogP contribution in [0.3, 0.4) is 0 Å². The summed E-state index contributed by atoms with van der Waals surface area (Å²) in [4.78, 5) is 16.9. The van der Waals surface area contributed by atoms with Crippen molar-refractivity contribution in [3.05, 3.63) is 35.4 Å². The topological polar surface area (TPSA) is 49.6 Å². The zero-order valence-corrected chi connectivity index (χ0v) is 11.9. The van der Waals surface area contributed by atoms with Crippen LogP contribution in [0, 0.1) is 5.92 Å². The van der Waals surface area contributed by atoms with Crippen LogP contribution in [-0.4, -0.2) is 48.4 Å². The minimum atomic E-state index is 0.145. The summed E-state index contributed by atoms with van der Waals surface area (Å²) in [5.41, 5.74) is 7.42. The molecule has 1 saturated heterocycles. The van der Waals surface area contributed by atoms with Gasteiger partial charge in [0, 0.05) is 44.8 Å². The van der Waals surface area contributed by atoms with Crippen molar-refractivity contribution in [3.8, 4) is 0 Å². The first kappa shape index (κ1) is 13.6. The first-order chi connectivity index (χ1) is 9.76. The summed E-state index contributed by atoms with van der Waals surface area (Å²) in [6.07, 6.45) is 2.79. The highest BCUT2D eigenvalue weighted by molar-refractivity contribution is 5.94. The SMILES string of the molecule is NCc1cccc(C(=O)N2CCN(CC3CC3)CC2)c1. The number of piperazine rings is 1. The number of hydrogen-bond donors (Lipinski definition) is 1. The molecule has 0 unspecified atom stereocenters. The van der Waals surface area contributed by atoms with Gasteiger partial charge < -0.3 is 10.6 Å². The molecule has 1 aromatic rings. The molecule has 0 atom stereocenters. The highest BCUT2D eigenvalue weighted by atomic mass is 16.2. The molecular formula is C16H23N3O. The Morgan fingerprint density at radius 3 is 2.60 bits per heavy atom. The fraction of sp³-hybridized carbons (Fsp3) is 0.562. The summed E-state index contributed by atoms with van der Waals surface area (Å²) in [6, 6.07) is 7.68. The third-order valence-corrected chi connectivity index (χ3v) is 4.28. The molecule has 1 heterocycles. The van der Waals surface area contributed by atoms with Crippen LogP contribution in [0.5, 0.6) is 0 Å². The highest BCUT2D eigenvalue weighted by Gasteiger charge is 2.27. The molecule has 0 spiro atoms. The van der Waals surface area contributed by atoms with Gasteiger partial charge in [-0.2, -0.15) is 0 Å². The van der Waals surface area contributed by atoms with Crippen LogP contribution in [0.1, 0.15) is 28.8 Å². The van der Waals surface area contributed by atoms with E-state index >= 15 is 0 Å². The van der Waals surface area contributed by atoms with Gasteiger partial charge in [0.1, 0.15) is 0 Å². The van der Waals surface area contributed by atoms with Crippen LogP contribution in [0.2, 0.25) is 0 Å². The van der Waals surface area contributed by atoms with Crippen molar-refractivity contribution in [3.63, 3.8) is 0 Å². The second-order valence-corrected chi connectivity index (χ2v) is 5.94. The normalized spacial score (nSPS) is 20.1. The van der Waals surface area contributed by atoms with E-state index in [0.29, 0.717) is 6.54 Å². The number of carbonyl (C=O) groups is 1. The summed E-state index contributed by atoms with van der Waals surface area (Å²) >= 11 is 0. The fourth-order valence-corrected chi connectivity index (χ4v) is 2.81. The number of benzene rings is 1. The minimum absolute atomic E-state index is 0.145. The standard InChI is InChI=1S/C16H23N3O/c17-11-14-2-1-3-15(10-14)16(20)19-8-6-18(7-9-19)12-13-4-5-13/h1-3,10,13H,4-9,11-12,17H2. The number of carbonyl (C=O) groups excluding carboxylic acids is 1. The van der Waals surface area contributed by atoms with E-state index in [0.717, 1.165) is 43.2 Å². The van der Waals surface area contributed by atoms with Gasteiger partial charge in [-0.05, 0) is 36.5 Å². The van der Waals surface area contributed by atoms with Crippen LogP contribution >= 0.6 is 0 Å². The van der Waals surface area contributed by atoms with Crippen molar-refractivity contribution in [2.24, 2.45) is 11.7 Å². The van der Waals surface area contributed by atoms with Gasteiger partial charge in [-0.25, -0.2) is 0 Å². The lowest BCUT2D eigenvalue weighted by atomic mass is 10.1. The Morgan fingerprint density at radius 2 is 1.95 bits per heavy atom. The van der Waals surface area contributed by atoms with Crippen molar-refractivity contribution in [1.82, 2.24) is 9.80 Å². The molecule has 20 heavy (non-hydrogen) atoms. The van der Waals surface area contributed by atoms with Crippen LogP contribution in [0.4, 0.5) is 0 Å². The van der Waals surface area contributed by atoms with Crippen LogP contribution in [0.15, 0.2) is 24.3 Å². The quantitative estimate of drug-likeness (QED) is 0.900. The number of hydrogen-bond acceptors (Lipinski definition) is 3. The van der Waals surface area contributed by atoms with E-state index < -0.39 is 0 Å². The molecule has 1 aromatic carbocycles. The van der Waals surface area contributed by atoms with E-state index in [4.69, 9.17) is 5.73 Å². The lowest BCUT2D eigenvalue weighted by Gasteiger charge is -2.34. The van der Waals surface area contributed by atoms with Crippen LogP contribution < -0.4 is 5.73 Å². The minimum Gasteiger partial charge on any atom is -0.336 e. The van der Waals surface area contributed by atoms with Crippen molar-refractivity contribution in [1.29, 1.82) is 0 Å². The van der Waals surface area contributed by atoms with Gasteiger partial charge in [0.05, 0.1) is 0 Å². The smallest absolute Gasteiger partial charge is 0.253 e. The Labute approximate surface area is 120 Å². The van der Waals surface area contributed by atoms with Gasteiger partial charge in [0.15, 0.2) is 0 Å². The summed E-state index contributed by atoms with van der Waals surface area (Å²) in [6.45, 7) is 5.43. The molecule has 1 saturated carbocycles. The van der Waals surface area contributed by atoms with E-state index in [1.165, 1.54) is 19.4 Å². The number of nitrogens with zero attached hydrogens (tertiary/aromatic N) is 2. The Kier molecular flexibility index (Phi) is 4.03. The number of nitrogens with two attached hydrogens (primary N) is 1. The fourth-order valence-electron chi connectivity index (χ4n) is 2.81. The zero-order chi connectivity index (χ0) is 13.9. The van der Waals surface area contributed by atoms with E-state index in [2.05, 4.69) is 4.90 Å². The predicted molar refractivity (Wildman–Crippen MR) is 79.4 cm³/mol. The number of rotatable bonds is 4. The second-order valence-electron chi connectivity index (χ2n) is 5.94. The van der Waals surface area contributed by atoms with Gasteiger partial charge >= 0.3 is 0 Å². The number of amides is 1. The van der Waals surface area contributed by atoms with Crippen molar-refractivity contribution in [2.45, 2.75) is 19.4 Å². The summed E-state index contributed by atoms with van der Waals surface area (Å²) in [7, 11) is 0. The largest absolute Gasteiger partial charge is 0.336 e. The van der Waals surface area contributed by atoms with Crippen molar-refractivity contribution >= 4 is 5.91 Å². The monoisotopic (exact) mass is 273 g/mol. The first-order valence-electron chi connectivity index (χ1n) is 7.57. The molecule has 2 N–H and O–H groups in total. The molecule has 2 aliphatic rings. The highest BCUT2D eigenvalue weighted by Crippen LogP contribution is 2.29. The van der Waals surface area contributed by atoms with Gasteiger partial charge in [-0.1, -0.05) is 12.1 Å². The van der Waals surface area contributed by atoms with E-state index in [1.54, 1.807) is 0 Å². The van der Waals surface area contributed by atoms with E-state index in [-0.39, 0.29) is 5.91 Å². The Bertz CT molecular complexity index is 476. The Morgan fingerprint density at radius 1 is 1.20 bits per heavy atom. The summed E-state index contributed by atoms with van der Waals surface area (Å²) < 4.78 is 0. The second kappa shape index (κ2) is 5.94. The lowest BCUT2D eigenvalue weighted by Crippen LogP contribution is -2.49. The van der Waals surface area contributed by atoms with E-state index in [9.17, 15) is 4.79 Å². The lowest BCUT2D eigenvalue weighted by molar-refractivity contribution is 0.0632. The molecule has 4 heteroatoms. The van der Waals surface area contributed by atoms with Crippen molar-refractivity contribution in [2.75, 3.05) is 32.7 Å². The van der Waals surface area contributed by atoms with Crippen LogP contribution in [0.25, 0.3) is 0 Å². The molecular weight excluding hydrogens is 250 g/mol. The molecule has 1 aliphatic carbocycles. The maximum Gasteiger partial charge on any atom is 0.253 e. The predicted octanol–water partition coefficient (Wildman–Crippen LogP) is 1.31. The zero-order valence-electron chi connectivity index (χ0n) is 11.9. The molecule has 2 fully saturated rings. The van der Waals surface area contributed by atoms with Gasteiger partial charge in [0.2, 0.25) is 0 Å². The molecule has 0 radical (unpaired) electrons. The van der Waals surface area contributed by atoms with Gasteiger partial charge in [0.25, 0.3) is 5.91 Å². The van der Waals surface area contributed by atoms with Gasteiger partial charge in [-0.3, -0.25) is 9.69 Å². The molecule has 1 aliphatic heterocycles. The maximum absolute atomic E-state index is 12.5. The van der Waals surface area contributed by atoms with Crippen LogP contribution in [-0.2, 0) is 6.54 Å². The Hall–Kier alpha value is -1.39. The first-order valence-corrected chi connectivity index (χ1v) is 7.57. The third kappa shape index (κ3) is 3.19. The summed E-state index contributed by atoms with van der Waals surface area (Å²) in [5.74, 6) is 1.07. The summed E-state index contributed by atoms with van der Waals surface area (Å²) in [5, 5.41) is 0. The average Bonchev–Trinajstić information content (AvgIpc) is 3.31. The third-order valence-electron chi connectivity index (χ3n) is 4.28. The molecule has 0 bridgehead atoms. The molecule has 3 rings (SSSR count). The molecule has 108 valence electrons. The average molecular weight is 273 g/mol.